The second kappa shape index (κ2) is 8.11. The van der Waals surface area contributed by atoms with Gasteiger partial charge < -0.3 is 10.1 Å². The predicted octanol–water partition coefficient (Wildman–Crippen LogP) is 1.58. The highest BCUT2D eigenvalue weighted by atomic mass is 16.5. The van der Waals surface area contributed by atoms with Crippen LogP contribution in [-0.4, -0.2) is 50.6 Å². The number of benzene rings is 2. The summed E-state index contributed by atoms with van der Waals surface area (Å²) in [7, 11) is 0. The van der Waals surface area contributed by atoms with E-state index in [-0.39, 0.29) is 24.8 Å². The van der Waals surface area contributed by atoms with E-state index in [0.717, 1.165) is 10.6 Å². The first-order chi connectivity index (χ1) is 14.6. The third-order valence-electron chi connectivity index (χ3n) is 4.61. The van der Waals surface area contributed by atoms with E-state index in [1.54, 1.807) is 43.3 Å². The fourth-order valence-corrected chi connectivity index (χ4v) is 3.17. The second-order valence-electron chi connectivity index (χ2n) is 6.54. The number of imide groups is 1. The molecule has 1 aromatic heterocycles. The Labute approximate surface area is 171 Å². The van der Waals surface area contributed by atoms with Crippen LogP contribution in [0.4, 0.5) is 11.4 Å². The summed E-state index contributed by atoms with van der Waals surface area (Å²) in [4.78, 5) is 38.2. The number of hydrogen-bond acceptors (Lipinski definition) is 8. The SMILES string of the molecule is CCOC(=O)c1ccc(N2C(=O)CC(Nc3ccc(-n4cnnn4)cc3)C2=O)cc1. The molecule has 152 valence electrons. The molecular formula is C20H18N6O4. The van der Waals surface area contributed by atoms with Crippen LogP contribution in [0.5, 0.6) is 0 Å². The van der Waals surface area contributed by atoms with E-state index in [0.29, 0.717) is 16.9 Å². The Morgan fingerprint density at radius 1 is 1.10 bits per heavy atom. The highest BCUT2D eigenvalue weighted by Gasteiger charge is 2.39. The highest BCUT2D eigenvalue weighted by Crippen LogP contribution is 2.26. The van der Waals surface area contributed by atoms with E-state index < -0.39 is 12.0 Å². The zero-order chi connectivity index (χ0) is 21.1. The molecule has 4 rings (SSSR count). The monoisotopic (exact) mass is 406 g/mol. The molecule has 0 saturated carbocycles. The van der Waals surface area contributed by atoms with Gasteiger partial charge in [0.25, 0.3) is 5.91 Å². The lowest BCUT2D eigenvalue weighted by Crippen LogP contribution is -2.34. The van der Waals surface area contributed by atoms with Crippen molar-refractivity contribution in [1.29, 1.82) is 0 Å². The van der Waals surface area contributed by atoms with Crippen molar-refractivity contribution < 1.29 is 19.1 Å². The van der Waals surface area contributed by atoms with E-state index in [1.807, 2.05) is 0 Å². The van der Waals surface area contributed by atoms with Crippen molar-refractivity contribution in [2.45, 2.75) is 19.4 Å². The molecule has 3 aromatic rings. The maximum atomic E-state index is 12.8. The summed E-state index contributed by atoms with van der Waals surface area (Å²) in [6.07, 6.45) is 1.51. The van der Waals surface area contributed by atoms with Crippen LogP contribution in [-0.2, 0) is 14.3 Å². The number of carbonyl (C=O) groups excluding carboxylic acids is 3. The molecule has 1 aliphatic heterocycles. The Morgan fingerprint density at radius 2 is 1.80 bits per heavy atom. The number of amides is 2. The molecule has 1 unspecified atom stereocenters. The number of anilines is 2. The van der Waals surface area contributed by atoms with Gasteiger partial charge in [-0.3, -0.25) is 9.59 Å². The molecule has 1 fully saturated rings. The maximum Gasteiger partial charge on any atom is 0.338 e. The van der Waals surface area contributed by atoms with Gasteiger partial charge in [0.1, 0.15) is 12.4 Å². The summed E-state index contributed by atoms with van der Waals surface area (Å²) in [5.74, 6) is -1.12. The van der Waals surface area contributed by atoms with Crippen LogP contribution in [0.2, 0.25) is 0 Å². The van der Waals surface area contributed by atoms with Crippen LogP contribution in [0.3, 0.4) is 0 Å². The summed E-state index contributed by atoms with van der Waals surface area (Å²) in [5, 5.41) is 14.1. The van der Waals surface area contributed by atoms with Gasteiger partial charge in [-0.05, 0) is 65.9 Å². The molecule has 0 radical (unpaired) electrons. The average molecular weight is 406 g/mol. The van der Waals surface area contributed by atoms with E-state index in [4.69, 9.17) is 4.74 Å². The molecule has 1 saturated heterocycles. The molecule has 1 aliphatic rings. The van der Waals surface area contributed by atoms with Crippen molar-refractivity contribution in [2.75, 3.05) is 16.8 Å². The molecule has 0 bridgehead atoms. The molecule has 0 spiro atoms. The topological polar surface area (TPSA) is 119 Å². The average Bonchev–Trinajstić information content (AvgIpc) is 3.38. The van der Waals surface area contributed by atoms with E-state index in [2.05, 4.69) is 20.8 Å². The van der Waals surface area contributed by atoms with Crippen molar-refractivity contribution in [1.82, 2.24) is 20.2 Å². The van der Waals surface area contributed by atoms with Crippen molar-refractivity contribution in [3.05, 3.63) is 60.4 Å². The van der Waals surface area contributed by atoms with Gasteiger partial charge in [-0.1, -0.05) is 0 Å². The smallest absolute Gasteiger partial charge is 0.338 e. The summed E-state index contributed by atoms with van der Waals surface area (Å²) < 4.78 is 6.45. The van der Waals surface area contributed by atoms with Gasteiger partial charge in [-0.2, -0.15) is 0 Å². The first kappa shape index (κ1) is 19.2. The molecule has 2 heterocycles. The molecule has 2 amide bonds. The van der Waals surface area contributed by atoms with Gasteiger partial charge in [-0.25, -0.2) is 14.4 Å². The van der Waals surface area contributed by atoms with Crippen LogP contribution in [0.1, 0.15) is 23.7 Å². The Balaban J connectivity index is 1.45. The number of ether oxygens (including phenoxy) is 1. The van der Waals surface area contributed by atoms with Gasteiger partial charge >= 0.3 is 5.97 Å². The zero-order valence-corrected chi connectivity index (χ0v) is 16.1. The fourth-order valence-electron chi connectivity index (χ4n) is 3.17. The molecule has 1 atom stereocenters. The van der Waals surface area contributed by atoms with Crippen molar-refractivity contribution in [2.24, 2.45) is 0 Å². The van der Waals surface area contributed by atoms with Crippen molar-refractivity contribution in [3.8, 4) is 5.69 Å². The molecule has 0 aliphatic carbocycles. The number of carbonyl (C=O) groups is 3. The lowest BCUT2D eigenvalue weighted by Gasteiger charge is -2.16. The van der Waals surface area contributed by atoms with Crippen LogP contribution < -0.4 is 10.2 Å². The van der Waals surface area contributed by atoms with Crippen LogP contribution in [0, 0.1) is 0 Å². The number of hydrogen-bond donors (Lipinski definition) is 1. The Hall–Kier alpha value is -4.08. The first-order valence-electron chi connectivity index (χ1n) is 9.30. The number of nitrogens with zero attached hydrogens (tertiary/aromatic N) is 5. The quantitative estimate of drug-likeness (QED) is 0.484. The van der Waals surface area contributed by atoms with Crippen LogP contribution in [0.15, 0.2) is 54.9 Å². The standard InChI is InChI=1S/C20H18N6O4/c1-2-30-20(29)13-3-7-16(8-4-13)26-18(27)11-17(19(26)28)22-14-5-9-15(10-6-14)25-12-21-23-24-25/h3-10,12,17,22H,2,11H2,1H3. The lowest BCUT2D eigenvalue weighted by atomic mass is 10.2. The highest BCUT2D eigenvalue weighted by molar-refractivity contribution is 6.23. The molecule has 2 aromatic carbocycles. The molecule has 10 heteroatoms. The van der Waals surface area contributed by atoms with Gasteiger partial charge in [0.2, 0.25) is 5.91 Å². The summed E-state index contributed by atoms with van der Waals surface area (Å²) in [6, 6.07) is 12.7. The Bertz CT molecular complexity index is 1060. The third-order valence-corrected chi connectivity index (χ3v) is 4.61. The van der Waals surface area contributed by atoms with Gasteiger partial charge in [-0.15, -0.1) is 5.10 Å². The normalized spacial score (nSPS) is 16.0. The van der Waals surface area contributed by atoms with E-state index in [1.165, 1.54) is 23.1 Å². The zero-order valence-electron chi connectivity index (χ0n) is 16.1. The van der Waals surface area contributed by atoms with E-state index >= 15 is 0 Å². The predicted molar refractivity (Wildman–Crippen MR) is 106 cm³/mol. The van der Waals surface area contributed by atoms with Gasteiger partial charge in [0.05, 0.1) is 30.0 Å². The third kappa shape index (κ3) is 3.75. The van der Waals surface area contributed by atoms with Gasteiger partial charge in [0.15, 0.2) is 0 Å². The summed E-state index contributed by atoms with van der Waals surface area (Å²) >= 11 is 0. The van der Waals surface area contributed by atoms with Crippen molar-refractivity contribution in [3.63, 3.8) is 0 Å². The Morgan fingerprint density at radius 3 is 2.43 bits per heavy atom. The lowest BCUT2D eigenvalue weighted by molar-refractivity contribution is -0.121. The molecule has 10 nitrogen and oxygen atoms in total. The minimum absolute atomic E-state index is 0.0349. The molecule has 30 heavy (non-hydrogen) atoms. The second-order valence-corrected chi connectivity index (χ2v) is 6.54. The number of esters is 1. The molecular weight excluding hydrogens is 388 g/mol. The summed E-state index contributed by atoms with van der Waals surface area (Å²) in [5.41, 5.74) is 2.23. The minimum Gasteiger partial charge on any atom is -0.462 e. The number of nitrogens with one attached hydrogen (secondary N) is 1. The maximum absolute atomic E-state index is 12.8. The largest absolute Gasteiger partial charge is 0.462 e. The van der Waals surface area contributed by atoms with Gasteiger partial charge in [0, 0.05) is 5.69 Å². The minimum atomic E-state index is -0.680. The van der Waals surface area contributed by atoms with Crippen LogP contribution in [0.25, 0.3) is 5.69 Å². The fraction of sp³-hybridized carbons (Fsp3) is 0.200. The van der Waals surface area contributed by atoms with Crippen molar-refractivity contribution >= 4 is 29.2 Å². The summed E-state index contributed by atoms with van der Waals surface area (Å²) in [6.45, 7) is 1.99. The van der Waals surface area contributed by atoms with E-state index in [9.17, 15) is 14.4 Å². The number of aromatic nitrogens is 4. The molecule has 1 N–H and O–H groups in total. The Kier molecular flexibility index (Phi) is 5.21. The number of tetrazole rings is 1. The van der Waals surface area contributed by atoms with Crippen LogP contribution >= 0.6 is 0 Å². The number of rotatable bonds is 6. The first-order valence-corrected chi connectivity index (χ1v) is 9.30.